The zero-order valence-corrected chi connectivity index (χ0v) is 13.6. The Morgan fingerprint density at radius 1 is 1.32 bits per heavy atom. The normalized spacial score (nSPS) is 17.2. The topological polar surface area (TPSA) is 67.4 Å². The molecule has 1 heterocycles. The van der Waals surface area contributed by atoms with Gasteiger partial charge in [-0.3, -0.25) is 9.59 Å². The molecule has 2 rings (SSSR count). The highest BCUT2D eigenvalue weighted by molar-refractivity contribution is 7.99. The van der Waals surface area contributed by atoms with Crippen LogP contribution in [0.4, 0.5) is 0 Å². The van der Waals surface area contributed by atoms with Crippen molar-refractivity contribution in [2.45, 2.75) is 30.8 Å². The van der Waals surface area contributed by atoms with Gasteiger partial charge in [0.25, 0.3) is 5.91 Å². The minimum absolute atomic E-state index is 0.00257. The fraction of sp³-hybridized carbons (Fsp3) is 0.500. The number of ether oxygens (including phenoxy) is 1. The van der Waals surface area contributed by atoms with Gasteiger partial charge in [0.1, 0.15) is 0 Å². The van der Waals surface area contributed by atoms with E-state index in [1.54, 1.807) is 17.8 Å². The molecule has 0 aromatic heterocycles. The highest BCUT2D eigenvalue weighted by Gasteiger charge is 2.18. The lowest BCUT2D eigenvalue weighted by molar-refractivity contribution is -0.120. The van der Waals surface area contributed by atoms with Gasteiger partial charge in [0.05, 0.1) is 18.2 Å². The number of carbonyl (C=O) groups excluding carboxylic acids is 2. The van der Waals surface area contributed by atoms with Crippen LogP contribution in [0.25, 0.3) is 0 Å². The molecule has 2 N–H and O–H groups in total. The van der Waals surface area contributed by atoms with Crippen LogP contribution >= 0.6 is 11.8 Å². The third-order valence-electron chi connectivity index (χ3n) is 3.36. The number of carbonyl (C=O) groups is 2. The lowest BCUT2D eigenvalue weighted by atomic mass is 10.2. The predicted molar refractivity (Wildman–Crippen MR) is 87.2 cm³/mol. The van der Waals surface area contributed by atoms with E-state index in [9.17, 15) is 9.59 Å². The van der Waals surface area contributed by atoms with E-state index in [1.165, 1.54) is 0 Å². The second kappa shape index (κ2) is 8.80. The number of rotatable bonds is 7. The lowest BCUT2D eigenvalue weighted by Crippen LogP contribution is -2.36. The number of nitrogens with one attached hydrogen (secondary N) is 2. The molecule has 1 aliphatic heterocycles. The Morgan fingerprint density at radius 2 is 2.14 bits per heavy atom. The molecule has 1 atom stereocenters. The van der Waals surface area contributed by atoms with Gasteiger partial charge in [0, 0.05) is 23.8 Å². The Morgan fingerprint density at radius 3 is 2.86 bits per heavy atom. The summed E-state index contributed by atoms with van der Waals surface area (Å²) < 4.78 is 5.61. The molecule has 0 spiro atoms. The molecule has 0 saturated carbocycles. The highest BCUT2D eigenvalue weighted by Crippen LogP contribution is 2.26. The van der Waals surface area contributed by atoms with E-state index in [2.05, 4.69) is 10.6 Å². The highest BCUT2D eigenvalue weighted by atomic mass is 32.2. The smallest absolute Gasteiger partial charge is 0.252 e. The molecule has 5 nitrogen and oxygen atoms in total. The average Bonchev–Trinajstić information content (AvgIpc) is 3.04. The lowest BCUT2D eigenvalue weighted by Gasteiger charge is -2.12. The molecule has 22 heavy (non-hydrogen) atoms. The van der Waals surface area contributed by atoms with E-state index in [1.807, 2.05) is 25.1 Å². The molecule has 1 saturated heterocycles. The SMILES string of the molecule is CCNC(=O)CNC(=O)c1ccccc1SC[C@@H]1CCCO1. The van der Waals surface area contributed by atoms with Gasteiger partial charge in [0.15, 0.2) is 0 Å². The van der Waals surface area contributed by atoms with E-state index < -0.39 is 0 Å². The summed E-state index contributed by atoms with van der Waals surface area (Å²) in [6.45, 7) is 3.23. The van der Waals surface area contributed by atoms with Crippen molar-refractivity contribution in [3.05, 3.63) is 29.8 Å². The molecule has 1 aliphatic rings. The minimum atomic E-state index is -0.221. The van der Waals surface area contributed by atoms with Crippen LogP contribution in [-0.2, 0) is 9.53 Å². The monoisotopic (exact) mass is 322 g/mol. The van der Waals surface area contributed by atoms with E-state index in [-0.39, 0.29) is 24.5 Å². The van der Waals surface area contributed by atoms with Gasteiger partial charge < -0.3 is 15.4 Å². The maximum Gasteiger partial charge on any atom is 0.252 e. The molecule has 0 bridgehead atoms. The van der Waals surface area contributed by atoms with Crippen molar-refractivity contribution in [1.82, 2.24) is 10.6 Å². The summed E-state index contributed by atoms with van der Waals surface area (Å²) in [5.74, 6) is 0.447. The number of hydrogen-bond acceptors (Lipinski definition) is 4. The molecule has 1 aromatic carbocycles. The quantitative estimate of drug-likeness (QED) is 0.752. The molecule has 120 valence electrons. The van der Waals surface area contributed by atoms with Crippen molar-refractivity contribution in [2.24, 2.45) is 0 Å². The van der Waals surface area contributed by atoms with Crippen molar-refractivity contribution in [1.29, 1.82) is 0 Å². The fourth-order valence-corrected chi connectivity index (χ4v) is 3.37. The van der Waals surface area contributed by atoms with Crippen LogP contribution in [0.3, 0.4) is 0 Å². The van der Waals surface area contributed by atoms with Crippen LogP contribution in [0, 0.1) is 0 Å². The molecule has 0 unspecified atom stereocenters. The molecule has 1 aromatic rings. The number of likely N-dealkylation sites (N-methyl/N-ethyl adjacent to an activating group) is 1. The Bertz CT molecular complexity index is 516. The second-order valence-corrected chi connectivity index (χ2v) is 6.14. The van der Waals surface area contributed by atoms with Crippen LogP contribution in [0.15, 0.2) is 29.2 Å². The third-order valence-corrected chi connectivity index (χ3v) is 4.57. The predicted octanol–water partition coefficient (Wildman–Crippen LogP) is 1.82. The fourth-order valence-electron chi connectivity index (χ4n) is 2.25. The van der Waals surface area contributed by atoms with Crippen molar-refractivity contribution >= 4 is 23.6 Å². The van der Waals surface area contributed by atoms with Crippen LogP contribution < -0.4 is 10.6 Å². The van der Waals surface area contributed by atoms with Crippen LogP contribution in [-0.4, -0.2) is 43.4 Å². The van der Waals surface area contributed by atoms with E-state index in [4.69, 9.17) is 4.74 Å². The van der Waals surface area contributed by atoms with E-state index in [0.29, 0.717) is 12.1 Å². The van der Waals surface area contributed by atoms with Crippen LogP contribution in [0.1, 0.15) is 30.1 Å². The van der Waals surface area contributed by atoms with Gasteiger partial charge in [-0.15, -0.1) is 11.8 Å². The Kier molecular flexibility index (Phi) is 6.74. The molecule has 0 radical (unpaired) electrons. The maximum absolute atomic E-state index is 12.2. The summed E-state index contributed by atoms with van der Waals surface area (Å²) in [4.78, 5) is 24.6. The average molecular weight is 322 g/mol. The van der Waals surface area contributed by atoms with Crippen molar-refractivity contribution in [3.8, 4) is 0 Å². The van der Waals surface area contributed by atoms with Crippen LogP contribution in [0.2, 0.25) is 0 Å². The molecular weight excluding hydrogens is 300 g/mol. The first-order valence-electron chi connectivity index (χ1n) is 7.59. The molecule has 1 fully saturated rings. The number of amides is 2. The van der Waals surface area contributed by atoms with Crippen molar-refractivity contribution in [2.75, 3.05) is 25.4 Å². The summed E-state index contributed by atoms with van der Waals surface area (Å²) in [6, 6.07) is 7.46. The Balaban J connectivity index is 1.91. The zero-order chi connectivity index (χ0) is 15.8. The minimum Gasteiger partial charge on any atom is -0.377 e. The van der Waals surface area contributed by atoms with Gasteiger partial charge in [-0.1, -0.05) is 12.1 Å². The molecule has 6 heteroatoms. The summed E-state index contributed by atoms with van der Waals surface area (Å²) in [7, 11) is 0. The van der Waals surface area contributed by atoms with Gasteiger partial charge in [-0.25, -0.2) is 0 Å². The Labute approximate surface area is 135 Å². The molecule has 0 aliphatic carbocycles. The van der Waals surface area contributed by atoms with Gasteiger partial charge in [-0.2, -0.15) is 0 Å². The molecule has 2 amide bonds. The zero-order valence-electron chi connectivity index (χ0n) is 12.8. The molecular formula is C16H22N2O3S. The van der Waals surface area contributed by atoms with Crippen molar-refractivity contribution in [3.63, 3.8) is 0 Å². The van der Waals surface area contributed by atoms with Gasteiger partial charge in [0.2, 0.25) is 5.91 Å². The first-order chi connectivity index (χ1) is 10.7. The third kappa shape index (κ3) is 5.03. The maximum atomic E-state index is 12.2. The summed E-state index contributed by atoms with van der Waals surface area (Å²) in [5.41, 5.74) is 0.606. The number of hydrogen-bond donors (Lipinski definition) is 2. The van der Waals surface area contributed by atoms with E-state index >= 15 is 0 Å². The number of benzene rings is 1. The van der Waals surface area contributed by atoms with Gasteiger partial charge in [-0.05, 0) is 31.9 Å². The van der Waals surface area contributed by atoms with Crippen LogP contribution in [0.5, 0.6) is 0 Å². The second-order valence-electron chi connectivity index (χ2n) is 5.08. The first-order valence-corrected chi connectivity index (χ1v) is 8.57. The van der Waals surface area contributed by atoms with Gasteiger partial charge >= 0.3 is 0 Å². The van der Waals surface area contributed by atoms with Crippen molar-refractivity contribution < 1.29 is 14.3 Å². The number of thioether (sulfide) groups is 1. The first kappa shape index (κ1) is 16.8. The standard InChI is InChI=1S/C16H22N2O3S/c1-2-17-15(19)10-18-16(20)13-7-3-4-8-14(13)22-11-12-6-5-9-21-12/h3-4,7-8,12H,2,5-6,9-11H2,1H3,(H,17,19)(H,18,20)/t12-/m0/s1. The summed E-state index contributed by atoms with van der Waals surface area (Å²) in [6.07, 6.45) is 2.47. The summed E-state index contributed by atoms with van der Waals surface area (Å²) >= 11 is 1.63. The Hall–Kier alpha value is -1.53. The van der Waals surface area contributed by atoms with E-state index in [0.717, 1.165) is 30.1 Å². The largest absolute Gasteiger partial charge is 0.377 e. The summed E-state index contributed by atoms with van der Waals surface area (Å²) in [5, 5.41) is 5.31.